The van der Waals surface area contributed by atoms with Gasteiger partial charge in [-0.2, -0.15) is 0 Å². The standard InChI is InChI=1S/C20H30N2O4/c1-14(2)12-22(11-10-17(23)24)19(26)16-8-6-15(7-9-16)18(25)21-13-20(3,4)5/h6-9,14H,10-13H2,1-5H3,(H,21,25)(H,23,24). The normalized spacial score (nSPS) is 11.3. The lowest BCUT2D eigenvalue weighted by Crippen LogP contribution is -2.36. The van der Waals surface area contributed by atoms with E-state index in [4.69, 9.17) is 5.11 Å². The van der Waals surface area contributed by atoms with Crippen molar-refractivity contribution in [2.75, 3.05) is 19.6 Å². The van der Waals surface area contributed by atoms with E-state index in [0.29, 0.717) is 24.2 Å². The summed E-state index contributed by atoms with van der Waals surface area (Å²) in [7, 11) is 0. The molecule has 6 nitrogen and oxygen atoms in total. The second-order valence-corrected chi connectivity index (χ2v) is 8.11. The van der Waals surface area contributed by atoms with Crippen LogP contribution in [0.4, 0.5) is 0 Å². The summed E-state index contributed by atoms with van der Waals surface area (Å²) in [5.74, 6) is -1.10. The summed E-state index contributed by atoms with van der Waals surface area (Å²) in [4.78, 5) is 37.2. The number of amides is 2. The van der Waals surface area contributed by atoms with E-state index in [0.717, 1.165) is 0 Å². The van der Waals surface area contributed by atoms with Crippen molar-refractivity contribution >= 4 is 17.8 Å². The first-order chi connectivity index (χ1) is 12.0. The van der Waals surface area contributed by atoms with Gasteiger partial charge in [-0.3, -0.25) is 14.4 Å². The second kappa shape index (κ2) is 9.36. The molecule has 0 aliphatic heterocycles. The van der Waals surface area contributed by atoms with Crippen molar-refractivity contribution in [2.45, 2.75) is 41.0 Å². The van der Waals surface area contributed by atoms with E-state index in [9.17, 15) is 14.4 Å². The number of carboxylic acids is 1. The van der Waals surface area contributed by atoms with Crippen molar-refractivity contribution in [2.24, 2.45) is 11.3 Å². The van der Waals surface area contributed by atoms with E-state index in [1.807, 2.05) is 34.6 Å². The van der Waals surface area contributed by atoms with Gasteiger partial charge in [-0.25, -0.2) is 0 Å². The SMILES string of the molecule is CC(C)CN(CCC(=O)O)C(=O)c1ccc(C(=O)NCC(C)(C)C)cc1. The van der Waals surface area contributed by atoms with Crippen LogP contribution in [0, 0.1) is 11.3 Å². The number of carbonyl (C=O) groups is 3. The van der Waals surface area contributed by atoms with Crippen LogP contribution in [0.25, 0.3) is 0 Å². The molecule has 2 amide bonds. The quantitative estimate of drug-likeness (QED) is 0.744. The van der Waals surface area contributed by atoms with Crippen LogP contribution in [0.1, 0.15) is 61.8 Å². The van der Waals surface area contributed by atoms with Crippen molar-refractivity contribution in [1.29, 1.82) is 0 Å². The fraction of sp³-hybridized carbons (Fsp3) is 0.550. The van der Waals surface area contributed by atoms with Crippen LogP contribution < -0.4 is 5.32 Å². The largest absolute Gasteiger partial charge is 0.481 e. The summed E-state index contributed by atoms with van der Waals surface area (Å²) in [5.41, 5.74) is 0.933. The van der Waals surface area contributed by atoms with Gasteiger partial charge in [-0.05, 0) is 35.6 Å². The molecule has 6 heteroatoms. The van der Waals surface area contributed by atoms with Gasteiger partial charge in [0.1, 0.15) is 0 Å². The summed E-state index contributed by atoms with van der Waals surface area (Å²) in [6.45, 7) is 11.3. The number of aliphatic carboxylic acids is 1. The second-order valence-electron chi connectivity index (χ2n) is 8.11. The summed E-state index contributed by atoms with van der Waals surface area (Å²) < 4.78 is 0. The molecule has 0 unspecified atom stereocenters. The van der Waals surface area contributed by atoms with Crippen LogP contribution in [0.5, 0.6) is 0 Å². The van der Waals surface area contributed by atoms with Crippen LogP contribution in [-0.4, -0.2) is 47.4 Å². The summed E-state index contributed by atoms with van der Waals surface area (Å²) in [5, 5.41) is 11.7. The third-order valence-electron chi connectivity index (χ3n) is 3.64. The van der Waals surface area contributed by atoms with Gasteiger partial charge < -0.3 is 15.3 Å². The Hall–Kier alpha value is -2.37. The third kappa shape index (κ3) is 7.68. The Morgan fingerprint density at radius 3 is 2.08 bits per heavy atom. The minimum atomic E-state index is -0.933. The Balaban J connectivity index is 2.81. The van der Waals surface area contributed by atoms with Crippen LogP contribution in [0.2, 0.25) is 0 Å². The highest BCUT2D eigenvalue weighted by Crippen LogP contribution is 2.13. The maximum atomic E-state index is 12.7. The van der Waals surface area contributed by atoms with Gasteiger partial charge in [-0.15, -0.1) is 0 Å². The van der Waals surface area contributed by atoms with Crippen molar-refractivity contribution in [3.63, 3.8) is 0 Å². The topological polar surface area (TPSA) is 86.7 Å². The van der Waals surface area contributed by atoms with Crippen molar-refractivity contribution in [3.05, 3.63) is 35.4 Å². The smallest absolute Gasteiger partial charge is 0.305 e. The first-order valence-corrected chi connectivity index (χ1v) is 8.89. The van der Waals surface area contributed by atoms with Gasteiger partial charge in [0.05, 0.1) is 6.42 Å². The number of benzene rings is 1. The molecule has 0 bridgehead atoms. The maximum absolute atomic E-state index is 12.7. The molecule has 26 heavy (non-hydrogen) atoms. The van der Waals surface area contributed by atoms with E-state index < -0.39 is 5.97 Å². The number of hydrogen-bond acceptors (Lipinski definition) is 3. The molecule has 0 aromatic heterocycles. The maximum Gasteiger partial charge on any atom is 0.305 e. The fourth-order valence-electron chi connectivity index (χ4n) is 2.34. The highest BCUT2D eigenvalue weighted by molar-refractivity contribution is 5.98. The molecular formula is C20H30N2O4. The Bertz CT molecular complexity index is 630. The lowest BCUT2D eigenvalue weighted by molar-refractivity contribution is -0.137. The van der Waals surface area contributed by atoms with Crippen LogP contribution in [0.3, 0.4) is 0 Å². The number of nitrogens with zero attached hydrogens (tertiary/aromatic N) is 1. The average Bonchev–Trinajstić information content (AvgIpc) is 2.54. The highest BCUT2D eigenvalue weighted by Gasteiger charge is 2.19. The number of rotatable bonds is 8. The highest BCUT2D eigenvalue weighted by atomic mass is 16.4. The minimum Gasteiger partial charge on any atom is -0.481 e. The molecular weight excluding hydrogens is 332 g/mol. The molecule has 0 atom stereocenters. The lowest BCUT2D eigenvalue weighted by Gasteiger charge is -2.24. The number of carboxylic acid groups (broad SMARTS) is 1. The number of nitrogens with one attached hydrogen (secondary N) is 1. The molecule has 0 heterocycles. The molecule has 0 saturated heterocycles. The summed E-state index contributed by atoms with van der Waals surface area (Å²) >= 11 is 0. The van der Waals surface area contributed by atoms with Crippen molar-refractivity contribution in [1.82, 2.24) is 10.2 Å². The van der Waals surface area contributed by atoms with Gasteiger partial charge in [-0.1, -0.05) is 34.6 Å². The molecule has 0 radical (unpaired) electrons. The average molecular weight is 362 g/mol. The summed E-state index contributed by atoms with van der Waals surface area (Å²) in [6.07, 6.45) is -0.0915. The van der Waals surface area contributed by atoms with Crippen LogP contribution >= 0.6 is 0 Å². The number of carbonyl (C=O) groups excluding carboxylic acids is 2. The van der Waals surface area contributed by atoms with E-state index in [2.05, 4.69) is 5.32 Å². The van der Waals surface area contributed by atoms with Crippen molar-refractivity contribution < 1.29 is 19.5 Å². The Morgan fingerprint density at radius 1 is 1.08 bits per heavy atom. The van der Waals surface area contributed by atoms with Gasteiger partial charge in [0.15, 0.2) is 0 Å². The lowest BCUT2D eigenvalue weighted by atomic mass is 9.97. The van der Waals surface area contributed by atoms with Crippen molar-refractivity contribution in [3.8, 4) is 0 Å². The van der Waals surface area contributed by atoms with Gasteiger partial charge in [0.25, 0.3) is 11.8 Å². The predicted octanol–water partition coefficient (Wildman–Crippen LogP) is 3.04. The third-order valence-corrected chi connectivity index (χ3v) is 3.64. The Labute approximate surface area is 155 Å². The monoisotopic (exact) mass is 362 g/mol. The molecule has 144 valence electrons. The van der Waals surface area contributed by atoms with E-state index in [1.54, 1.807) is 29.2 Å². The molecule has 0 aliphatic rings. The first kappa shape index (κ1) is 21.7. The molecule has 0 aliphatic carbocycles. The first-order valence-electron chi connectivity index (χ1n) is 8.89. The Morgan fingerprint density at radius 2 is 1.62 bits per heavy atom. The molecule has 1 aromatic rings. The fourth-order valence-corrected chi connectivity index (χ4v) is 2.34. The summed E-state index contributed by atoms with van der Waals surface area (Å²) in [6, 6.07) is 6.47. The zero-order chi connectivity index (χ0) is 19.9. The molecule has 0 saturated carbocycles. The molecule has 1 aromatic carbocycles. The van der Waals surface area contributed by atoms with Gasteiger partial charge in [0.2, 0.25) is 0 Å². The van der Waals surface area contributed by atoms with Crippen LogP contribution in [0.15, 0.2) is 24.3 Å². The van der Waals surface area contributed by atoms with E-state index >= 15 is 0 Å². The zero-order valence-corrected chi connectivity index (χ0v) is 16.3. The molecule has 0 spiro atoms. The minimum absolute atomic E-state index is 0.00689. The van der Waals surface area contributed by atoms with Crippen LogP contribution in [-0.2, 0) is 4.79 Å². The number of hydrogen-bond donors (Lipinski definition) is 2. The molecule has 2 N–H and O–H groups in total. The Kier molecular flexibility index (Phi) is 7.80. The van der Waals surface area contributed by atoms with E-state index in [-0.39, 0.29) is 36.1 Å². The molecule has 0 fully saturated rings. The van der Waals surface area contributed by atoms with E-state index in [1.165, 1.54) is 0 Å². The molecule has 1 rings (SSSR count). The van der Waals surface area contributed by atoms with Gasteiger partial charge in [0, 0.05) is 30.8 Å². The zero-order valence-electron chi connectivity index (χ0n) is 16.3. The predicted molar refractivity (Wildman–Crippen MR) is 101 cm³/mol. The van der Waals surface area contributed by atoms with Gasteiger partial charge >= 0.3 is 5.97 Å².